The number of benzene rings is 2. The molecule has 1 amide bonds. The van der Waals surface area contributed by atoms with E-state index in [1.165, 1.54) is 24.5 Å². The van der Waals surface area contributed by atoms with E-state index in [9.17, 15) is 22.8 Å². The fraction of sp³-hybridized carbons (Fsp3) is 0.308. The Morgan fingerprint density at radius 1 is 1.06 bits per heavy atom. The quantitative estimate of drug-likeness (QED) is 0.423. The lowest BCUT2D eigenvalue weighted by atomic mass is 9.97. The van der Waals surface area contributed by atoms with Gasteiger partial charge in [0.25, 0.3) is 5.91 Å². The average Bonchev–Trinajstić information content (AvgIpc) is 3.52. The van der Waals surface area contributed by atoms with E-state index in [4.69, 9.17) is 4.74 Å². The van der Waals surface area contributed by atoms with Crippen LogP contribution in [0.3, 0.4) is 0 Å². The molecule has 0 bridgehead atoms. The Morgan fingerprint density at radius 2 is 1.74 bits per heavy atom. The Labute approximate surface area is 199 Å². The lowest BCUT2D eigenvalue weighted by Gasteiger charge is -2.19. The fourth-order valence-corrected chi connectivity index (χ4v) is 5.31. The van der Waals surface area contributed by atoms with E-state index < -0.39 is 23.2 Å². The molecule has 0 spiro atoms. The summed E-state index contributed by atoms with van der Waals surface area (Å²) in [6.07, 6.45) is -2.65. The molecule has 8 heteroatoms. The first-order valence-corrected chi connectivity index (χ1v) is 11.6. The number of hydrogen-bond donors (Lipinski definition) is 1. The SMILES string of the molecule is COC(=O)c1ccc(C2(NC(=O)c3c(C)sc(C)c3Cc3cccc(C(F)(F)F)c3)CC2)cc1. The van der Waals surface area contributed by atoms with Crippen molar-refractivity contribution in [2.75, 3.05) is 7.11 Å². The molecule has 0 unspecified atom stereocenters. The first-order chi connectivity index (χ1) is 16.0. The highest BCUT2D eigenvalue weighted by atomic mass is 32.1. The zero-order valence-corrected chi connectivity index (χ0v) is 19.8. The van der Waals surface area contributed by atoms with Crippen LogP contribution in [0.1, 0.15) is 65.6 Å². The molecule has 1 aliphatic rings. The number of methoxy groups -OCH3 is 1. The number of carbonyl (C=O) groups is 2. The van der Waals surface area contributed by atoms with Gasteiger partial charge < -0.3 is 10.1 Å². The molecule has 1 fully saturated rings. The number of esters is 1. The second-order valence-corrected chi connectivity index (χ2v) is 9.98. The minimum Gasteiger partial charge on any atom is -0.465 e. The van der Waals surface area contributed by atoms with Crippen molar-refractivity contribution in [3.63, 3.8) is 0 Å². The lowest BCUT2D eigenvalue weighted by Crippen LogP contribution is -2.35. The maximum absolute atomic E-state index is 13.4. The molecule has 2 aromatic carbocycles. The molecule has 0 aliphatic heterocycles. The smallest absolute Gasteiger partial charge is 0.416 e. The summed E-state index contributed by atoms with van der Waals surface area (Å²) < 4.78 is 44.2. The number of ether oxygens (including phenoxy) is 1. The molecule has 3 aromatic rings. The summed E-state index contributed by atoms with van der Waals surface area (Å²) in [5.74, 6) is -0.664. The molecule has 0 radical (unpaired) electrons. The molecule has 1 aliphatic carbocycles. The summed E-state index contributed by atoms with van der Waals surface area (Å²) >= 11 is 1.47. The predicted octanol–water partition coefficient (Wildman–Crippen LogP) is 6.18. The van der Waals surface area contributed by atoms with Gasteiger partial charge >= 0.3 is 12.1 Å². The number of halogens is 3. The van der Waals surface area contributed by atoms with Crippen LogP contribution >= 0.6 is 11.3 Å². The molecule has 0 atom stereocenters. The largest absolute Gasteiger partial charge is 0.465 e. The third-order valence-corrected chi connectivity index (χ3v) is 7.27. The minimum absolute atomic E-state index is 0.238. The molecule has 34 heavy (non-hydrogen) atoms. The first kappa shape index (κ1) is 24.0. The number of aryl methyl sites for hydroxylation is 2. The van der Waals surface area contributed by atoms with Crippen LogP contribution in [0.25, 0.3) is 0 Å². The fourth-order valence-electron chi connectivity index (χ4n) is 4.24. The van der Waals surface area contributed by atoms with Gasteiger partial charge in [0.1, 0.15) is 0 Å². The van der Waals surface area contributed by atoms with Gasteiger partial charge in [0.15, 0.2) is 0 Å². The van der Waals surface area contributed by atoms with Crippen LogP contribution < -0.4 is 5.32 Å². The second-order valence-electron chi connectivity index (χ2n) is 8.55. The third-order valence-electron chi connectivity index (χ3n) is 6.21. The predicted molar refractivity (Wildman–Crippen MR) is 124 cm³/mol. The van der Waals surface area contributed by atoms with E-state index in [0.29, 0.717) is 16.7 Å². The van der Waals surface area contributed by atoms with Crippen molar-refractivity contribution in [1.29, 1.82) is 0 Å². The van der Waals surface area contributed by atoms with Gasteiger partial charge in [0.2, 0.25) is 0 Å². The second kappa shape index (κ2) is 8.91. The number of hydrogen-bond acceptors (Lipinski definition) is 4. The minimum atomic E-state index is -4.42. The molecule has 1 aromatic heterocycles. The van der Waals surface area contributed by atoms with E-state index in [0.717, 1.165) is 45.9 Å². The van der Waals surface area contributed by atoms with Crippen LogP contribution in [0.2, 0.25) is 0 Å². The highest BCUT2D eigenvalue weighted by Crippen LogP contribution is 2.46. The summed E-state index contributed by atoms with van der Waals surface area (Å²) in [4.78, 5) is 26.8. The van der Waals surface area contributed by atoms with Gasteiger partial charge in [-0.2, -0.15) is 13.2 Å². The average molecular weight is 488 g/mol. The van der Waals surface area contributed by atoms with E-state index in [2.05, 4.69) is 5.32 Å². The summed E-state index contributed by atoms with van der Waals surface area (Å²) in [7, 11) is 1.32. The number of thiophene rings is 1. The summed E-state index contributed by atoms with van der Waals surface area (Å²) in [6, 6.07) is 12.2. The van der Waals surface area contributed by atoms with Crippen molar-refractivity contribution < 1.29 is 27.5 Å². The van der Waals surface area contributed by atoms with Gasteiger partial charge in [-0.1, -0.05) is 30.3 Å². The molecule has 1 saturated carbocycles. The highest BCUT2D eigenvalue weighted by Gasteiger charge is 2.46. The van der Waals surface area contributed by atoms with Gasteiger partial charge in [-0.25, -0.2) is 4.79 Å². The van der Waals surface area contributed by atoms with Gasteiger partial charge in [0.05, 0.1) is 29.3 Å². The van der Waals surface area contributed by atoms with E-state index in [1.807, 2.05) is 26.0 Å². The van der Waals surface area contributed by atoms with Crippen LogP contribution in [-0.2, 0) is 22.9 Å². The molecule has 1 N–H and O–H groups in total. The number of carbonyl (C=O) groups excluding carboxylic acids is 2. The Bertz CT molecular complexity index is 1240. The number of rotatable bonds is 6. The normalized spacial score (nSPS) is 14.5. The van der Waals surface area contributed by atoms with Crippen molar-refractivity contribution in [3.8, 4) is 0 Å². The van der Waals surface area contributed by atoms with Crippen LogP contribution in [0, 0.1) is 13.8 Å². The Balaban J connectivity index is 1.59. The maximum atomic E-state index is 13.4. The molecule has 178 valence electrons. The van der Waals surface area contributed by atoms with Gasteiger partial charge in [-0.15, -0.1) is 11.3 Å². The van der Waals surface area contributed by atoms with Crippen molar-refractivity contribution in [1.82, 2.24) is 5.32 Å². The van der Waals surface area contributed by atoms with Crippen molar-refractivity contribution in [2.45, 2.75) is 44.8 Å². The summed E-state index contributed by atoms with van der Waals surface area (Å²) in [5.41, 5.74) is 1.89. The molecular formula is C26H24F3NO3S. The zero-order chi connectivity index (χ0) is 24.7. The van der Waals surface area contributed by atoms with Crippen LogP contribution in [0.15, 0.2) is 48.5 Å². The highest BCUT2D eigenvalue weighted by molar-refractivity contribution is 7.12. The molecule has 0 saturated heterocycles. The molecule has 4 rings (SSSR count). The number of amides is 1. The van der Waals surface area contributed by atoms with Gasteiger partial charge in [-0.3, -0.25) is 4.79 Å². The van der Waals surface area contributed by atoms with Crippen molar-refractivity contribution >= 4 is 23.2 Å². The van der Waals surface area contributed by atoms with E-state index in [-0.39, 0.29) is 12.3 Å². The van der Waals surface area contributed by atoms with Crippen LogP contribution in [-0.4, -0.2) is 19.0 Å². The molecule has 1 heterocycles. The van der Waals surface area contributed by atoms with E-state index in [1.54, 1.807) is 18.2 Å². The Kier molecular flexibility index (Phi) is 6.29. The first-order valence-electron chi connectivity index (χ1n) is 10.8. The Hall–Kier alpha value is -3.13. The molecular weight excluding hydrogens is 463 g/mol. The maximum Gasteiger partial charge on any atom is 0.416 e. The third kappa shape index (κ3) is 4.73. The van der Waals surface area contributed by atoms with Crippen molar-refractivity contribution in [2.24, 2.45) is 0 Å². The van der Waals surface area contributed by atoms with Crippen LogP contribution in [0.5, 0.6) is 0 Å². The topological polar surface area (TPSA) is 55.4 Å². The van der Waals surface area contributed by atoms with Gasteiger partial charge in [-0.05, 0) is 68.0 Å². The van der Waals surface area contributed by atoms with Crippen molar-refractivity contribution in [3.05, 3.63) is 91.7 Å². The lowest BCUT2D eigenvalue weighted by molar-refractivity contribution is -0.137. The van der Waals surface area contributed by atoms with Gasteiger partial charge in [0, 0.05) is 9.75 Å². The standard InChI is InChI=1S/C26H24F3NO3S/c1-15-21(14-17-5-4-6-20(13-17)26(27,28)29)22(16(2)34-15)23(31)30-25(11-12-25)19-9-7-18(8-10-19)24(32)33-3/h4-10,13H,11-12,14H2,1-3H3,(H,30,31). The monoisotopic (exact) mass is 487 g/mol. The summed E-state index contributed by atoms with van der Waals surface area (Å²) in [6.45, 7) is 3.74. The van der Waals surface area contributed by atoms with Crippen LogP contribution in [0.4, 0.5) is 13.2 Å². The number of alkyl halides is 3. The summed E-state index contributed by atoms with van der Waals surface area (Å²) in [5, 5.41) is 3.15. The number of nitrogens with one attached hydrogen (secondary N) is 1. The Morgan fingerprint density at radius 3 is 2.32 bits per heavy atom. The molecule has 4 nitrogen and oxygen atoms in total. The zero-order valence-electron chi connectivity index (χ0n) is 19.0. The van der Waals surface area contributed by atoms with E-state index >= 15 is 0 Å².